The molecule has 0 spiro atoms. The van der Waals surface area contributed by atoms with E-state index in [2.05, 4.69) is 4.98 Å². The Hall–Kier alpha value is -3.04. The van der Waals surface area contributed by atoms with Crippen LogP contribution in [0.1, 0.15) is 22.3 Å². The number of aromatic nitrogens is 1. The van der Waals surface area contributed by atoms with Crippen molar-refractivity contribution in [1.82, 2.24) is 9.88 Å². The van der Waals surface area contributed by atoms with Gasteiger partial charge in [0, 0.05) is 41.9 Å². The lowest BCUT2D eigenvalue weighted by Gasteiger charge is -2.16. The maximum absolute atomic E-state index is 13.0. The molecule has 1 aromatic heterocycles. The molecule has 6 nitrogen and oxygen atoms in total. The number of carbonyl (C=O) groups is 2. The molecular weight excluding hydrogens is 451 g/mol. The third-order valence-corrected chi connectivity index (χ3v) is 7.60. The van der Waals surface area contributed by atoms with Gasteiger partial charge in [-0.1, -0.05) is 27.7 Å². The predicted octanol–water partition coefficient (Wildman–Crippen LogP) is 5.25. The average Bonchev–Trinajstić information content (AvgIpc) is 3.14. The van der Waals surface area contributed by atoms with Crippen molar-refractivity contribution in [3.63, 3.8) is 0 Å². The number of ether oxygens (including phenoxy) is 1. The van der Waals surface area contributed by atoms with Crippen molar-refractivity contribution in [3.05, 3.63) is 83.8 Å². The van der Waals surface area contributed by atoms with Crippen LogP contribution >= 0.6 is 21.6 Å². The van der Waals surface area contributed by atoms with E-state index in [4.69, 9.17) is 9.84 Å². The molecule has 164 valence electrons. The minimum absolute atomic E-state index is 0.0935. The molecule has 9 heteroatoms. The Labute approximate surface area is 192 Å². The number of carboxylic acid groups (broad SMARTS) is 1. The van der Waals surface area contributed by atoms with Crippen LogP contribution in [0.4, 0.5) is 4.39 Å². The van der Waals surface area contributed by atoms with E-state index in [1.165, 1.54) is 24.3 Å². The molecule has 1 N–H and O–H groups in total. The molecule has 4 rings (SSSR count). The zero-order valence-corrected chi connectivity index (χ0v) is 18.4. The quantitative estimate of drug-likeness (QED) is 0.450. The first-order valence-corrected chi connectivity index (χ1v) is 12.0. The summed E-state index contributed by atoms with van der Waals surface area (Å²) < 4.78 is 18.6. The number of pyridine rings is 1. The number of hydrogen-bond donors (Lipinski definition) is 1. The SMILES string of the molecule is O=C(O)c1ccc(SS[C@@H]2CC(=O)N(Cc3ccc(Oc4ccc(F)cc4)nc3)C2)cc1. The maximum Gasteiger partial charge on any atom is 0.335 e. The lowest BCUT2D eigenvalue weighted by atomic mass is 10.2. The van der Waals surface area contributed by atoms with E-state index in [1.807, 2.05) is 11.0 Å². The molecule has 0 radical (unpaired) electrons. The van der Waals surface area contributed by atoms with Gasteiger partial charge < -0.3 is 14.7 Å². The lowest BCUT2D eigenvalue weighted by Crippen LogP contribution is -2.24. The van der Waals surface area contributed by atoms with Crippen molar-refractivity contribution in [2.45, 2.75) is 23.1 Å². The molecule has 1 fully saturated rings. The van der Waals surface area contributed by atoms with Crippen LogP contribution < -0.4 is 4.74 Å². The summed E-state index contributed by atoms with van der Waals surface area (Å²) in [5.74, 6) is -0.295. The molecule has 1 aliphatic heterocycles. The van der Waals surface area contributed by atoms with Gasteiger partial charge in [-0.15, -0.1) is 0 Å². The highest BCUT2D eigenvalue weighted by Gasteiger charge is 2.30. The highest BCUT2D eigenvalue weighted by atomic mass is 33.1. The first kappa shape index (κ1) is 22.2. The second kappa shape index (κ2) is 10.1. The number of nitrogens with zero attached hydrogens (tertiary/aromatic N) is 2. The summed E-state index contributed by atoms with van der Waals surface area (Å²) >= 11 is 0. The highest BCUT2D eigenvalue weighted by Crippen LogP contribution is 2.38. The van der Waals surface area contributed by atoms with Crippen LogP contribution in [0.3, 0.4) is 0 Å². The molecule has 1 aliphatic rings. The van der Waals surface area contributed by atoms with Gasteiger partial charge in [0.2, 0.25) is 11.8 Å². The Balaban J connectivity index is 1.27. The second-order valence-corrected chi connectivity index (χ2v) is 9.74. The number of hydrogen-bond acceptors (Lipinski definition) is 6. The van der Waals surface area contributed by atoms with Crippen LogP contribution in [0.5, 0.6) is 11.6 Å². The third kappa shape index (κ3) is 5.80. The summed E-state index contributed by atoms with van der Waals surface area (Å²) in [4.78, 5) is 30.4. The zero-order valence-electron chi connectivity index (χ0n) is 16.8. The molecule has 32 heavy (non-hydrogen) atoms. The van der Waals surface area contributed by atoms with Crippen LogP contribution in [-0.2, 0) is 11.3 Å². The van der Waals surface area contributed by atoms with Crippen molar-refractivity contribution in [2.75, 3.05) is 6.54 Å². The minimum atomic E-state index is -0.948. The standard InChI is InChI=1S/C23H19FN2O4S2/c24-17-4-6-18(7-5-17)30-21-10-1-15(12-25-21)13-26-14-20(11-22(26)27)32-31-19-8-2-16(3-9-19)23(28)29/h1-10,12,20H,11,13-14H2,(H,28,29)/t20-/m1/s1. The second-order valence-electron chi connectivity index (χ2n) is 7.17. The molecule has 0 aliphatic carbocycles. The Morgan fingerprint density at radius 1 is 1.12 bits per heavy atom. The number of carbonyl (C=O) groups excluding carboxylic acids is 1. The number of halogens is 1. The average molecular weight is 471 g/mol. The number of likely N-dealkylation sites (tertiary alicyclic amines) is 1. The summed E-state index contributed by atoms with van der Waals surface area (Å²) in [5, 5.41) is 9.12. The van der Waals surface area contributed by atoms with Crippen molar-refractivity contribution < 1.29 is 23.8 Å². The largest absolute Gasteiger partial charge is 0.478 e. The van der Waals surface area contributed by atoms with Gasteiger partial charge in [0.1, 0.15) is 11.6 Å². The van der Waals surface area contributed by atoms with Crippen LogP contribution in [0, 0.1) is 5.82 Å². The molecule has 0 bridgehead atoms. The van der Waals surface area contributed by atoms with Crippen molar-refractivity contribution >= 4 is 33.5 Å². The number of carboxylic acids is 1. The molecule has 0 saturated carbocycles. The Morgan fingerprint density at radius 2 is 1.88 bits per heavy atom. The Morgan fingerprint density at radius 3 is 2.53 bits per heavy atom. The van der Waals surface area contributed by atoms with E-state index >= 15 is 0 Å². The Bertz CT molecular complexity index is 1090. The number of benzene rings is 2. The van der Waals surface area contributed by atoms with Gasteiger partial charge in [0.25, 0.3) is 0 Å². The van der Waals surface area contributed by atoms with E-state index in [1.54, 1.807) is 58.1 Å². The summed E-state index contributed by atoms with van der Waals surface area (Å²) in [7, 11) is 3.16. The molecule has 1 amide bonds. The summed E-state index contributed by atoms with van der Waals surface area (Å²) in [6.07, 6.45) is 2.13. The molecule has 1 atom stereocenters. The van der Waals surface area contributed by atoms with Crippen LogP contribution in [-0.4, -0.2) is 38.7 Å². The first-order valence-electron chi connectivity index (χ1n) is 9.79. The summed E-state index contributed by atoms with van der Waals surface area (Å²) in [6, 6.07) is 16.0. The maximum atomic E-state index is 13.0. The fourth-order valence-corrected chi connectivity index (χ4v) is 5.55. The van der Waals surface area contributed by atoms with Crippen LogP contribution in [0.25, 0.3) is 0 Å². The van der Waals surface area contributed by atoms with Gasteiger partial charge in [-0.05, 0) is 54.1 Å². The fourth-order valence-electron chi connectivity index (χ4n) is 3.14. The van der Waals surface area contributed by atoms with E-state index < -0.39 is 5.97 Å². The highest BCUT2D eigenvalue weighted by molar-refractivity contribution is 8.77. The van der Waals surface area contributed by atoms with E-state index in [0.717, 1.165) is 10.5 Å². The number of amides is 1. The topological polar surface area (TPSA) is 79.7 Å². The molecule has 0 unspecified atom stereocenters. The first-order chi connectivity index (χ1) is 15.5. The lowest BCUT2D eigenvalue weighted by molar-refractivity contribution is -0.128. The van der Waals surface area contributed by atoms with E-state index in [-0.39, 0.29) is 22.5 Å². The van der Waals surface area contributed by atoms with Gasteiger partial charge in [-0.2, -0.15) is 0 Å². The fraction of sp³-hybridized carbons (Fsp3) is 0.174. The normalized spacial score (nSPS) is 15.7. The number of rotatable bonds is 8. The third-order valence-electron chi connectivity index (χ3n) is 4.77. The molecular formula is C23H19FN2O4S2. The van der Waals surface area contributed by atoms with E-state index in [9.17, 15) is 14.0 Å². The molecule has 3 aromatic rings. The van der Waals surface area contributed by atoms with Gasteiger partial charge in [-0.3, -0.25) is 4.79 Å². The van der Waals surface area contributed by atoms with Gasteiger partial charge in [0.05, 0.1) is 5.56 Å². The monoisotopic (exact) mass is 470 g/mol. The van der Waals surface area contributed by atoms with Crippen molar-refractivity contribution in [2.24, 2.45) is 0 Å². The van der Waals surface area contributed by atoms with Crippen molar-refractivity contribution in [1.29, 1.82) is 0 Å². The minimum Gasteiger partial charge on any atom is -0.478 e. The summed E-state index contributed by atoms with van der Waals surface area (Å²) in [5.41, 5.74) is 1.15. The smallest absolute Gasteiger partial charge is 0.335 e. The molecule has 2 aromatic carbocycles. The van der Waals surface area contributed by atoms with E-state index in [0.29, 0.717) is 31.1 Å². The Kier molecular flexibility index (Phi) is 6.96. The summed E-state index contributed by atoms with van der Waals surface area (Å²) in [6.45, 7) is 1.11. The van der Waals surface area contributed by atoms with Gasteiger partial charge >= 0.3 is 5.97 Å². The molecule has 1 saturated heterocycles. The number of aromatic carboxylic acids is 1. The van der Waals surface area contributed by atoms with Crippen molar-refractivity contribution in [3.8, 4) is 11.6 Å². The predicted molar refractivity (Wildman–Crippen MR) is 121 cm³/mol. The molecule has 2 heterocycles. The zero-order chi connectivity index (χ0) is 22.5. The van der Waals surface area contributed by atoms with Crippen LogP contribution in [0.15, 0.2) is 71.8 Å². The van der Waals surface area contributed by atoms with Gasteiger partial charge in [0.15, 0.2) is 0 Å². The van der Waals surface area contributed by atoms with Gasteiger partial charge in [-0.25, -0.2) is 14.2 Å². The van der Waals surface area contributed by atoms with Crippen LogP contribution in [0.2, 0.25) is 0 Å².